The highest BCUT2D eigenvalue weighted by Gasteiger charge is 2.20. The summed E-state index contributed by atoms with van der Waals surface area (Å²) >= 11 is 0. The minimum Gasteiger partial charge on any atom is -0.384 e. The Balaban J connectivity index is 2.69. The third kappa shape index (κ3) is 4.54. The van der Waals surface area contributed by atoms with Crippen LogP contribution in [-0.2, 0) is 31.2 Å². The van der Waals surface area contributed by atoms with Crippen LogP contribution in [-0.4, -0.2) is 34.1 Å². The van der Waals surface area contributed by atoms with Gasteiger partial charge in [-0.3, -0.25) is 4.57 Å². The van der Waals surface area contributed by atoms with Crippen LogP contribution in [0.4, 0.5) is 0 Å². The average Bonchev–Trinajstić information content (AvgIpc) is 2.43. The highest BCUT2D eigenvalue weighted by molar-refractivity contribution is 7.53. The fourth-order valence-electron chi connectivity index (χ4n) is 1.77. The molecule has 0 saturated carbocycles. The average molecular weight is 272 g/mol. The number of hydrogen-bond acceptors (Lipinski definition) is 4. The van der Waals surface area contributed by atoms with Crippen molar-refractivity contribution in [2.24, 2.45) is 0 Å². The van der Waals surface area contributed by atoms with Crippen molar-refractivity contribution < 1.29 is 18.3 Å². The number of aryl methyl sites for hydroxylation is 1. The van der Waals surface area contributed by atoms with Crippen LogP contribution in [0.1, 0.15) is 11.1 Å². The summed E-state index contributed by atoms with van der Waals surface area (Å²) in [7, 11) is 1.60. The first-order chi connectivity index (χ1) is 8.65. The summed E-state index contributed by atoms with van der Waals surface area (Å²) in [5, 5.41) is 0. The van der Waals surface area contributed by atoms with E-state index in [1.54, 1.807) is 7.11 Å². The Morgan fingerprint density at radius 2 is 1.56 bits per heavy atom. The Morgan fingerprint density at radius 3 is 2.06 bits per heavy atom. The fourth-order valence-corrected chi connectivity index (χ4v) is 2.80. The Kier molecular flexibility index (Phi) is 6.58. The molecule has 0 heterocycles. The molecule has 0 aliphatic heterocycles. The molecule has 0 aliphatic carbocycles. The van der Waals surface area contributed by atoms with Crippen molar-refractivity contribution in [3.05, 3.63) is 35.4 Å². The van der Waals surface area contributed by atoms with Crippen LogP contribution < -0.4 is 0 Å². The quantitative estimate of drug-likeness (QED) is 0.683. The minimum atomic E-state index is -2.92. The van der Waals surface area contributed by atoms with Gasteiger partial charge in [0.15, 0.2) is 0 Å². The van der Waals surface area contributed by atoms with Crippen molar-refractivity contribution in [3.63, 3.8) is 0 Å². The first-order valence-electron chi connectivity index (χ1n) is 5.91. The van der Waals surface area contributed by atoms with Gasteiger partial charge in [0.2, 0.25) is 0 Å². The molecule has 1 aromatic carbocycles. The zero-order valence-electron chi connectivity index (χ0n) is 11.2. The van der Waals surface area contributed by atoms with Gasteiger partial charge in [-0.1, -0.05) is 24.3 Å². The molecule has 5 heteroatoms. The number of benzene rings is 1. The largest absolute Gasteiger partial charge is 0.384 e. The molecule has 0 bridgehead atoms. The molecular weight excluding hydrogens is 251 g/mol. The van der Waals surface area contributed by atoms with Crippen LogP contribution in [0.25, 0.3) is 0 Å². The summed E-state index contributed by atoms with van der Waals surface area (Å²) in [6.45, 7) is 0.684. The van der Waals surface area contributed by atoms with Crippen LogP contribution >= 0.6 is 7.60 Å². The van der Waals surface area contributed by atoms with E-state index in [1.807, 2.05) is 18.2 Å². The van der Waals surface area contributed by atoms with E-state index in [0.717, 1.165) is 6.42 Å². The van der Waals surface area contributed by atoms with Gasteiger partial charge in [-0.25, -0.2) is 0 Å². The maximum absolute atomic E-state index is 12.0. The minimum absolute atomic E-state index is 0.393. The Hall–Kier alpha value is -0.670. The Bertz CT molecular complexity index is 398. The molecule has 1 aromatic rings. The van der Waals surface area contributed by atoms with Gasteiger partial charge >= 0.3 is 7.60 Å². The summed E-state index contributed by atoms with van der Waals surface area (Å²) in [6.07, 6.45) is 1.93. The summed E-state index contributed by atoms with van der Waals surface area (Å²) < 4.78 is 26.9. The van der Waals surface area contributed by atoms with Crippen molar-refractivity contribution in [1.29, 1.82) is 0 Å². The normalized spacial score (nSPS) is 11.7. The van der Waals surface area contributed by atoms with E-state index >= 15 is 0 Å². The second kappa shape index (κ2) is 7.70. The number of rotatable bonds is 8. The van der Waals surface area contributed by atoms with E-state index in [0.29, 0.717) is 19.2 Å². The lowest BCUT2D eigenvalue weighted by atomic mass is 10.0. The molecule has 0 amide bonds. The van der Waals surface area contributed by atoms with E-state index in [9.17, 15) is 4.57 Å². The second-order valence-electron chi connectivity index (χ2n) is 3.96. The second-order valence-corrected chi connectivity index (χ2v) is 6.36. The van der Waals surface area contributed by atoms with Crippen LogP contribution in [0.3, 0.4) is 0 Å². The van der Waals surface area contributed by atoms with E-state index < -0.39 is 7.60 Å². The molecule has 0 aromatic heterocycles. The van der Waals surface area contributed by atoms with Gasteiger partial charge in [0.1, 0.15) is 0 Å². The van der Waals surface area contributed by atoms with Crippen molar-refractivity contribution in [2.45, 2.75) is 12.8 Å². The van der Waals surface area contributed by atoms with E-state index in [1.165, 1.54) is 25.3 Å². The van der Waals surface area contributed by atoms with Gasteiger partial charge < -0.3 is 13.8 Å². The molecule has 0 N–H and O–H groups in total. The maximum Gasteiger partial charge on any atom is 0.330 e. The third-order valence-electron chi connectivity index (χ3n) is 2.91. The zero-order chi connectivity index (χ0) is 13.4. The number of hydrogen-bond donors (Lipinski definition) is 0. The highest BCUT2D eigenvalue weighted by Crippen LogP contribution is 2.46. The summed E-state index contributed by atoms with van der Waals surface area (Å²) in [6, 6.07) is 8.09. The molecule has 0 aliphatic rings. The Morgan fingerprint density at radius 1 is 1.00 bits per heavy atom. The smallest absolute Gasteiger partial charge is 0.330 e. The lowest BCUT2D eigenvalue weighted by Crippen LogP contribution is -2.03. The predicted molar refractivity (Wildman–Crippen MR) is 72.2 cm³/mol. The third-order valence-corrected chi connectivity index (χ3v) is 4.79. The van der Waals surface area contributed by atoms with Crippen molar-refractivity contribution in [1.82, 2.24) is 0 Å². The molecule has 102 valence electrons. The van der Waals surface area contributed by atoms with Crippen molar-refractivity contribution >= 4 is 7.60 Å². The van der Waals surface area contributed by atoms with Gasteiger partial charge in [0.05, 0.1) is 12.8 Å². The van der Waals surface area contributed by atoms with Gasteiger partial charge in [-0.2, -0.15) is 0 Å². The number of methoxy groups -OCH3 is 1. The van der Waals surface area contributed by atoms with Gasteiger partial charge in [-0.15, -0.1) is 0 Å². The molecule has 1 rings (SSSR count). The highest BCUT2D eigenvalue weighted by atomic mass is 31.2. The van der Waals surface area contributed by atoms with Gasteiger partial charge in [0.25, 0.3) is 0 Å². The predicted octanol–water partition coefficient (Wildman–Crippen LogP) is 2.90. The lowest BCUT2D eigenvalue weighted by Gasteiger charge is -2.15. The fraction of sp³-hybridized carbons (Fsp3) is 0.538. The van der Waals surface area contributed by atoms with Crippen molar-refractivity contribution in [3.8, 4) is 0 Å². The first kappa shape index (κ1) is 15.4. The van der Waals surface area contributed by atoms with Crippen molar-refractivity contribution in [2.75, 3.05) is 34.1 Å². The topological polar surface area (TPSA) is 44.8 Å². The van der Waals surface area contributed by atoms with Gasteiger partial charge in [-0.05, 0) is 24.0 Å². The molecule has 0 radical (unpaired) electrons. The molecule has 0 atom stereocenters. The summed E-state index contributed by atoms with van der Waals surface area (Å²) in [5.41, 5.74) is 2.39. The van der Waals surface area contributed by atoms with Crippen LogP contribution in [0, 0.1) is 0 Å². The Labute approximate surface area is 109 Å². The SMILES string of the molecule is COCCc1ccccc1CCP(=O)(OC)OC. The van der Waals surface area contributed by atoms with Crippen LogP contribution in [0.15, 0.2) is 24.3 Å². The molecule has 0 saturated heterocycles. The standard InChI is InChI=1S/C13H21O4P/c1-15-10-8-12-6-4-5-7-13(12)9-11-18(14,16-2)17-3/h4-7H,8-11H2,1-3H3. The molecule has 0 fully saturated rings. The van der Waals surface area contributed by atoms with E-state index in [2.05, 4.69) is 6.07 Å². The number of ether oxygens (including phenoxy) is 1. The molecule has 4 nitrogen and oxygen atoms in total. The lowest BCUT2D eigenvalue weighted by molar-refractivity contribution is 0.202. The van der Waals surface area contributed by atoms with E-state index in [-0.39, 0.29) is 0 Å². The van der Waals surface area contributed by atoms with Gasteiger partial charge in [0, 0.05) is 21.3 Å². The summed E-state index contributed by atoms with van der Waals surface area (Å²) in [4.78, 5) is 0. The summed E-state index contributed by atoms with van der Waals surface area (Å²) in [5.74, 6) is 0. The van der Waals surface area contributed by atoms with Crippen LogP contribution in [0.5, 0.6) is 0 Å². The monoisotopic (exact) mass is 272 g/mol. The van der Waals surface area contributed by atoms with E-state index in [4.69, 9.17) is 13.8 Å². The first-order valence-corrected chi connectivity index (χ1v) is 7.64. The molecular formula is C13H21O4P. The molecule has 0 unspecified atom stereocenters. The van der Waals surface area contributed by atoms with Crippen LogP contribution in [0.2, 0.25) is 0 Å². The maximum atomic E-state index is 12.0. The zero-order valence-corrected chi connectivity index (χ0v) is 12.1. The molecule has 0 spiro atoms. The molecule has 18 heavy (non-hydrogen) atoms.